The van der Waals surface area contributed by atoms with Gasteiger partial charge in [-0.15, -0.1) is 0 Å². The molecule has 274 valence electrons. The molecule has 2 N–H and O–H groups in total. The highest BCUT2D eigenvalue weighted by molar-refractivity contribution is 7.92. The molecule has 5 aliphatic carbocycles. The fourth-order valence-electron chi connectivity index (χ4n) is 14.8. The first-order valence-corrected chi connectivity index (χ1v) is 21.6. The van der Waals surface area contributed by atoms with E-state index < -0.39 is 15.8 Å². The van der Waals surface area contributed by atoms with Gasteiger partial charge in [0, 0.05) is 31.2 Å². The maximum absolute atomic E-state index is 12.4. The fraction of sp³-hybridized carbons (Fsp3) is 0.744. The Balaban J connectivity index is 1.05. The number of allylic oxidation sites excluding steroid dienone is 3. The zero-order valence-electron chi connectivity index (χ0n) is 31.6. The van der Waals surface area contributed by atoms with Crippen molar-refractivity contribution in [2.45, 2.75) is 123 Å². The van der Waals surface area contributed by atoms with Crippen LogP contribution >= 0.6 is 0 Å². The molecule has 0 spiro atoms. The Bertz CT molecular complexity index is 1720. The normalized spacial score (nSPS) is 45.6. The minimum Gasteiger partial charge on any atom is -0.478 e. The first kappa shape index (κ1) is 35.1. The molecule has 0 aromatic heterocycles. The predicted octanol–water partition coefficient (Wildman–Crippen LogP) is 8.25. The summed E-state index contributed by atoms with van der Waals surface area (Å²) >= 11 is 0. The van der Waals surface area contributed by atoms with Crippen molar-refractivity contribution in [1.29, 1.82) is 0 Å². The number of carbonyl (C=O) groups is 1. The van der Waals surface area contributed by atoms with E-state index in [-0.39, 0.29) is 38.5 Å². The Morgan fingerprint density at radius 2 is 1.70 bits per heavy atom. The highest BCUT2D eigenvalue weighted by Crippen LogP contribution is 2.76. The third-order valence-corrected chi connectivity index (χ3v) is 19.6. The van der Waals surface area contributed by atoms with E-state index in [0.29, 0.717) is 40.9 Å². The van der Waals surface area contributed by atoms with E-state index in [1.54, 1.807) is 12.1 Å². The van der Waals surface area contributed by atoms with E-state index in [1.807, 2.05) is 12.1 Å². The van der Waals surface area contributed by atoms with Gasteiger partial charge in [0.25, 0.3) is 0 Å². The molecule has 2 saturated heterocycles. The van der Waals surface area contributed by atoms with Crippen molar-refractivity contribution in [3.63, 3.8) is 0 Å². The summed E-state index contributed by atoms with van der Waals surface area (Å²) < 4.78 is 24.8. The zero-order valence-corrected chi connectivity index (χ0v) is 32.4. The molecule has 0 radical (unpaired) electrons. The van der Waals surface area contributed by atoms with Crippen LogP contribution in [0.25, 0.3) is 5.57 Å². The van der Waals surface area contributed by atoms with E-state index in [9.17, 15) is 18.3 Å². The molecule has 1 aromatic rings. The molecule has 7 aliphatic rings. The number of benzene rings is 1. The van der Waals surface area contributed by atoms with Gasteiger partial charge in [-0.3, -0.25) is 4.90 Å². The molecule has 2 aliphatic heterocycles. The van der Waals surface area contributed by atoms with Crippen LogP contribution < -0.4 is 5.32 Å². The summed E-state index contributed by atoms with van der Waals surface area (Å²) in [5.74, 6) is 2.61. The average Bonchev–Trinajstić information content (AvgIpc) is 3.72. The monoisotopic (exact) mass is 702 g/mol. The summed E-state index contributed by atoms with van der Waals surface area (Å²) in [7, 11) is -2.86. The van der Waals surface area contributed by atoms with Crippen molar-refractivity contribution in [3.05, 3.63) is 53.6 Å². The summed E-state index contributed by atoms with van der Waals surface area (Å²) in [6.07, 6.45) is 14.6. The Hall–Kier alpha value is -1.96. The van der Waals surface area contributed by atoms with Crippen molar-refractivity contribution in [2.24, 2.45) is 51.2 Å². The Labute approximate surface area is 301 Å². The SMILES string of the molecule is C=C(C)C1CCC2(NCCN3CC4CC3CS4(=O)=O)CCC3(C)C(CCC4C5(C)CC=C(c6ccc(C(=O)O)cc6)C(C)(C)C5CCC43C)C12. The van der Waals surface area contributed by atoms with Gasteiger partial charge in [0.2, 0.25) is 0 Å². The van der Waals surface area contributed by atoms with Gasteiger partial charge in [-0.25, -0.2) is 13.2 Å². The topological polar surface area (TPSA) is 86.7 Å². The van der Waals surface area contributed by atoms with Crippen LogP contribution in [0, 0.1) is 51.2 Å². The lowest BCUT2D eigenvalue weighted by atomic mass is 9.33. The highest BCUT2D eigenvalue weighted by Gasteiger charge is 2.70. The van der Waals surface area contributed by atoms with Crippen LogP contribution in [0.1, 0.15) is 122 Å². The van der Waals surface area contributed by atoms with Crippen molar-refractivity contribution < 1.29 is 18.3 Å². The molecule has 50 heavy (non-hydrogen) atoms. The largest absolute Gasteiger partial charge is 0.478 e. The second kappa shape index (κ2) is 11.5. The van der Waals surface area contributed by atoms with Crippen molar-refractivity contribution in [1.82, 2.24) is 10.2 Å². The minimum atomic E-state index is -2.86. The third-order valence-electron chi connectivity index (χ3n) is 17.4. The molecule has 2 bridgehead atoms. The molecule has 6 fully saturated rings. The lowest BCUT2D eigenvalue weighted by Crippen LogP contribution is -2.68. The number of hydrogen-bond donors (Lipinski definition) is 2. The number of hydrogen-bond acceptors (Lipinski definition) is 5. The van der Waals surface area contributed by atoms with E-state index in [2.05, 4.69) is 64.4 Å². The summed E-state index contributed by atoms with van der Waals surface area (Å²) in [4.78, 5) is 14.0. The van der Waals surface area contributed by atoms with Gasteiger partial charge in [-0.05, 0) is 146 Å². The van der Waals surface area contributed by atoms with E-state index in [0.717, 1.165) is 32.5 Å². The van der Waals surface area contributed by atoms with Crippen LogP contribution in [0.4, 0.5) is 0 Å². The molecule has 1 aromatic carbocycles. The van der Waals surface area contributed by atoms with Crippen LogP contribution in [0.15, 0.2) is 42.5 Å². The van der Waals surface area contributed by atoms with Gasteiger partial charge < -0.3 is 10.4 Å². The molecule has 6 nitrogen and oxygen atoms in total. The molecule has 11 atom stereocenters. The number of fused-ring (bicyclic) bond motifs is 9. The summed E-state index contributed by atoms with van der Waals surface area (Å²) in [5, 5.41) is 13.6. The van der Waals surface area contributed by atoms with Crippen molar-refractivity contribution in [2.75, 3.05) is 25.4 Å². The minimum absolute atomic E-state index is 0.0119. The van der Waals surface area contributed by atoms with Gasteiger partial charge in [-0.1, -0.05) is 65.0 Å². The zero-order chi connectivity index (χ0) is 35.6. The van der Waals surface area contributed by atoms with E-state index in [4.69, 9.17) is 0 Å². The maximum Gasteiger partial charge on any atom is 0.335 e. The van der Waals surface area contributed by atoms with E-state index in [1.165, 1.54) is 68.1 Å². The van der Waals surface area contributed by atoms with Crippen LogP contribution in [-0.2, 0) is 9.84 Å². The molecule has 7 heteroatoms. The quantitative estimate of drug-likeness (QED) is 0.279. The first-order valence-electron chi connectivity index (χ1n) is 19.9. The van der Waals surface area contributed by atoms with Gasteiger partial charge in [0.05, 0.1) is 16.6 Å². The van der Waals surface area contributed by atoms with Gasteiger partial charge >= 0.3 is 5.97 Å². The van der Waals surface area contributed by atoms with Crippen molar-refractivity contribution in [3.8, 4) is 0 Å². The molecule has 8 rings (SSSR count). The number of carboxylic acid groups (broad SMARTS) is 1. The number of nitrogens with zero attached hydrogens (tertiary/aromatic N) is 1. The maximum atomic E-state index is 12.4. The Kier molecular flexibility index (Phi) is 8.08. The van der Waals surface area contributed by atoms with E-state index >= 15 is 0 Å². The molecular formula is C43H62N2O4S. The number of rotatable bonds is 7. The standard InChI is InChI=1S/C43H62N2O4S/c1-27(2)32-14-19-43(44-22-23-45-25-31-24-30(45)26-50(31,48)49)21-20-41(6)34(37(32)43)12-13-36-40(5)17-15-33(28-8-10-29(11-9-28)38(46)47)39(3,4)35(40)16-18-42(36,41)7/h8-11,15,30-32,34-37,44H,1,12-14,16-26H2,2-7H3,(H,46,47). The van der Waals surface area contributed by atoms with Gasteiger partial charge in [-0.2, -0.15) is 0 Å². The average molecular weight is 703 g/mol. The highest BCUT2D eigenvalue weighted by atomic mass is 32.2. The molecule has 0 amide bonds. The number of sulfone groups is 1. The van der Waals surface area contributed by atoms with Crippen LogP contribution in [0.3, 0.4) is 0 Å². The number of aromatic carboxylic acids is 1. The molecular weight excluding hydrogens is 641 g/mol. The molecule has 2 heterocycles. The lowest BCUT2D eigenvalue weighted by Gasteiger charge is -2.72. The van der Waals surface area contributed by atoms with Crippen LogP contribution in [0.5, 0.6) is 0 Å². The van der Waals surface area contributed by atoms with Crippen LogP contribution in [-0.4, -0.2) is 66.6 Å². The number of likely N-dealkylation sites (tertiary alicyclic amines) is 1. The number of carboxylic acids is 1. The fourth-order valence-corrected chi connectivity index (χ4v) is 16.9. The predicted molar refractivity (Wildman–Crippen MR) is 202 cm³/mol. The Morgan fingerprint density at radius 1 is 0.960 bits per heavy atom. The first-order chi connectivity index (χ1) is 23.5. The molecule has 4 saturated carbocycles. The summed E-state index contributed by atoms with van der Waals surface area (Å²) in [6.45, 7) is 22.5. The second-order valence-corrected chi connectivity index (χ2v) is 21.9. The second-order valence-electron chi connectivity index (χ2n) is 19.5. The summed E-state index contributed by atoms with van der Waals surface area (Å²) in [6, 6.07) is 7.82. The van der Waals surface area contributed by atoms with Crippen molar-refractivity contribution >= 4 is 21.4 Å². The lowest BCUT2D eigenvalue weighted by molar-refractivity contribution is -0.219. The van der Waals surface area contributed by atoms with Crippen LogP contribution in [0.2, 0.25) is 0 Å². The summed E-state index contributed by atoms with van der Waals surface area (Å²) in [5.41, 5.74) is 5.25. The smallest absolute Gasteiger partial charge is 0.335 e. The number of nitrogens with one attached hydrogen (secondary N) is 1. The van der Waals surface area contributed by atoms with Gasteiger partial charge in [0.15, 0.2) is 9.84 Å². The van der Waals surface area contributed by atoms with Gasteiger partial charge in [0.1, 0.15) is 0 Å². The molecule has 11 unspecified atom stereocenters. The third kappa shape index (κ3) is 4.83. The Morgan fingerprint density at radius 3 is 2.34 bits per heavy atom.